The molecule has 2 N–H and O–H groups in total. The zero-order valence-electron chi connectivity index (χ0n) is 10.1. The predicted molar refractivity (Wildman–Crippen MR) is 70.2 cm³/mol. The lowest BCUT2D eigenvalue weighted by Gasteiger charge is -2.39. The maximum Gasteiger partial charge on any atom is 0.0620 e. The molecule has 1 saturated heterocycles. The third kappa shape index (κ3) is 2.80. The molecule has 1 fully saturated rings. The molecule has 0 aromatic heterocycles. The van der Waals surface area contributed by atoms with Gasteiger partial charge in [-0.2, -0.15) is 0 Å². The Kier molecular flexibility index (Phi) is 4.40. The molecule has 0 radical (unpaired) electrons. The summed E-state index contributed by atoms with van der Waals surface area (Å²) >= 11 is 6.25. The quantitative estimate of drug-likeness (QED) is 0.898. The summed E-state index contributed by atoms with van der Waals surface area (Å²) in [5.74, 6) is 0. The van der Waals surface area contributed by atoms with Crippen LogP contribution in [0.2, 0.25) is 5.02 Å². The van der Waals surface area contributed by atoms with Crippen LogP contribution in [0.3, 0.4) is 0 Å². The second kappa shape index (κ2) is 5.83. The highest BCUT2D eigenvalue weighted by Gasteiger charge is 2.27. The fourth-order valence-electron chi connectivity index (χ4n) is 2.39. The molecule has 1 aromatic carbocycles. The average molecular weight is 255 g/mol. The number of hydrogen-bond acceptors (Lipinski definition) is 3. The first-order valence-electron chi connectivity index (χ1n) is 6.02. The summed E-state index contributed by atoms with van der Waals surface area (Å²) in [5.41, 5.74) is 7.04. The molecule has 4 heteroatoms. The van der Waals surface area contributed by atoms with Crippen molar-refractivity contribution in [2.75, 3.05) is 26.3 Å². The summed E-state index contributed by atoms with van der Waals surface area (Å²) in [6.45, 7) is 5.19. The Bertz CT molecular complexity index is 372. The summed E-state index contributed by atoms with van der Waals surface area (Å²) in [6, 6.07) is 8.50. The monoisotopic (exact) mass is 254 g/mol. The molecular formula is C13H19ClN2O. The first kappa shape index (κ1) is 12.8. The molecule has 0 bridgehead atoms. The standard InChI is InChI=1S/C13H19ClN2O/c1-10-9-17-7-6-16(10)13(8-15)11-4-2-3-5-12(11)14/h2-5,10,13H,6-9,15H2,1H3. The lowest BCUT2D eigenvalue weighted by atomic mass is 10.0. The minimum atomic E-state index is 0.183. The van der Waals surface area contributed by atoms with Crippen LogP contribution in [0.15, 0.2) is 24.3 Å². The summed E-state index contributed by atoms with van der Waals surface area (Å²) < 4.78 is 5.46. The molecule has 0 aliphatic carbocycles. The van der Waals surface area contributed by atoms with Gasteiger partial charge in [-0.25, -0.2) is 0 Å². The van der Waals surface area contributed by atoms with Crippen LogP contribution in [0.5, 0.6) is 0 Å². The SMILES string of the molecule is CC1COCCN1C(CN)c1ccccc1Cl. The third-order valence-electron chi connectivity index (χ3n) is 3.31. The molecule has 17 heavy (non-hydrogen) atoms. The number of benzene rings is 1. The molecule has 0 amide bonds. The van der Waals surface area contributed by atoms with Crippen LogP contribution in [0.1, 0.15) is 18.5 Å². The predicted octanol–water partition coefficient (Wildman–Crippen LogP) is 2.06. The highest BCUT2D eigenvalue weighted by atomic mass is 35.5. The van der Waals surface area contributed by atoms with Crippen LogP contribution in [-0.4, -0.2) is 37.2 Å². The molecular weight excluding hydrogens is 236 g/mol. The fourth-order valence-corrected chi connectivity index (χ4v) is 2.65. The fraction of sp³-hybridized carbons (Fsp3) is 0.538. The normalized spacial score (nSPS) is 23.6. The lowest BCUT2D eigenvalue weighted by molar-refractivity contribution is -0.0209. The van der Waals surface area contributed by atoms with Crippen LogP contribution in [0.4, 0.5) is 0 Å². The van der Waals surface area contributed by atoms with E-state index in [0.29, 0.717) is 12.6 Å². The second-order valence-electron chi connectivity index (χ2n) is 4.43. The first-order chi connectivity index (χ1) is 8.24. The van der Waals surface area contributed by atoms with Gasteiger partial charge in [-0.05, 0) is 18.6 Å². The van der Waals surface area contributed by atoms with Gasteiger partial charge in [0.1, 0.15) is 0 Å². The van der Waals surface area contributed by atoms with Gasteiger partial charge in [-0.1, -0.05) is 29.8 Å². The van der Waals surface area contributed by atoms with E-state index < -0.39 is 0 Å². The van der Waals surface area contributed by atoms with Crippen LogP contribution in [-0.2, 0) is 4.74 Å². The Labute approximate surface area is 107 Å². The maximum atomic E-state index is 6.25. The van der Waals surface area contributed by atoms with Gasteiger partial charge >= 0.3 is 0 Å². The average Bonchev–Trinajstić information content (AvgIpc) is 2.34. The van der Waals surface area contributed by atoms with E-state index in [2.05, 4.69) is 17.9 Å². The van der Waals surface area contributed by atoms with Gasteiger partial charge in [0.15, 0.2) is 0 Å². The molecule has 2 rings (SSSR count). The van der Waals surface area contributed by atoms with Crippen molar-refractivity contribution in [3.05, 3.63) is 34.9 Å². The second-order valence-corrected chi connectivity index (χ2v) is 4.84. The number of morpholine rings is 1. The number of nitrogens with two attached hydrogens (primary N) is 1. The third-order valence-corrected chi connectivity index (χ3v) is 3.65. The van der Waals surface area contributed by atoms with E-state index >= 15 is 0 Å². The number of halogens is 1. The Morgan fingerprint density at radius 1 is 1.53 bits per heavy atom. The number of hydrogen-bond donors (Lipinski definition) is 1. The van der Waals surface area contributed by atoms with Gasteiger partial charge in [-0.15, -0.1) is 0 Å². The van der Waals surface area contributed by atoms with Crippen LogP contribution in [0, 0.1) is 0 Å². The minimum absolute atomic E-state index is 0.183. The summed E-state index contributed by atoms with van der Waals surface area (Å²) in [6.07, 6.45) is 0. The van der Waals surface area contributed by atoms with Gasteiger partial charge in [-0.3, -0.25) is 4.90 Å². The van der Waals surface area contributed by atoms with Crippen molar-refractivity contribution >= 4 is 11.6 Å². The van der Waals surface area contributed by atoms with Crippen molar-refractivity contribution < 1.29 is 4.74 Å². The van der Waals surface area contributed by atoms with E-state index in [9.17, 15) is 0 Å². The molecule has 1 aromatic rings. The van der Waals surface area contributed by atoms with E-state index in [1.807, 2.05) is 18.2 Å². The molecule has 2 atom stereocenters. The molecule has 0 spiro atoms. The zero-order valence-corrected chi connectivity index (χ0v) is 10.9. The molecule has 3 nitrogen and oxygen atoms in total. The maximum absolute atomic E-state index is 6.25. The molecule has 1 heterocycles. The Morgan fingerprint density at radius 3 is 2.94 bits per heavy atom. The largest absolute Gasteiger partial charge is 0.379 e. The summed E-state index contributed by atoms with van der Waals surface area (Å²) in [7, 11) is 0. The Morgan fingerprint density at radius 2 is 2.29 bits per heavy atom. The van der Waals surface area contributed by atoms with Crippen molar-refractivity contribution in [1.29, 1.82) is 0 Å². The van der Waals surface area contributed by atoms with Crippen molar-refractivity contribution in [3.8, 4) is 0 Å². The number of nitrogens with zero attached hydrogens (tertiary/aromatic N) is 1. The van der Waals surface area contributed by atoms with Crippen molar-refractivity contribution in [2.24, 2.45) is 5.73 Å². The van der Waals surface area contributed by atoms with Crippen LogP contribution >= 0.6 is 11.6 Å². The smallest absolute Gasteiger partial charge is 0.0620 e. The number of ether oxygens (including phenoxy) is 1. The van der Waals surface area contributed by atoms with Crippen LogP contribution in [0.25, 0.3) is 0 Å². The molecule has 2 unspecified atom stereocenters. The highest BCUT2D eigenvalue weighted by molar-refractivity contribution is 6.31. The van der Waals surface area contributed by atoms with Gasteiger partial charge < -0.3 is 10.5 Å². The van der Waals surface area contributed by atoms with E-state index in [0.717, 1.165) is 30.3 Å². The molecule has 1 aliphatic heterocycles. The molecule has 0 saturated carbocycles. The highest BCUT2D eigenvalue weighted by Crippen LogP contribution is 2.29. The number of rotatable bonds is 3. The zero-order chi connectivity index (χ0) is 12.3. The topological polar surface area (TPSA) is 38.5 Å². The van der Waals surface area contributed by atoms with Crippen molar-refractivity contribution in [1.82, 2.24) is 4.90 Å². The van der Waals surface area contributed by atoms with Gasteiger partial charge in [0.05, 0.1) is 13.2 Å². The summed E-state index contributed by atoms with van der Waals surface area (Å²) in [4.78, 5) is 2.38. The minimum Gasteiger partial charge on any atom is -0.379 e. The van der Waals surface area contributed by atoms with E-state index in [1.165, 1.54) is 0 Å². The Hall–Kier alpha value is -0.610. The van der Waals surface area contributed by atoms with Gasteiger partial charge in [0.25, 0.3) is 0 Å². The van der Waals surface area contributed by atoms with E-state index in [1.54, 1.807) is 0 Å². The van der Waals surface area contributed by atoms with Gasteiger partial charge in [0.2, 0.25) is 0 Å². The molecule has 94 valence electrons. The summed E-state index contributed by atoms with van der Waals surface area (Å²) in [5, 5.41) is 0.793. The van der Waals surface area contributed by atoms with E-state index in [4.69, 9.17) is 22.1 Å². The van der Waals surface area contributed by atoms with Gasteiger partial charge in [0, 0.05) is 30.2 Å². The lowest BCUT2D eigenvalue weighted by Crippen LogP contribution is -2.47. The van der Waals surface area contributed by atoms with E-state index in [-0.39, 0.29) is 6.04 Å². The van der Waals surface area contributed by atoms with Crippen molar-refractivity contribution in [2.45, 2.75) is 19.0 Å². The Balaban J connectivity index is 2.23. The first-order valence-corrected chi connectivity index (χ1v) is 6.40. The van der Waals surface area contributed by atoms with Crippen LogP contribution < -0.4 is 5.73 Å². The molecule has 1 aliphatic rings. The van der Waals surface area contributed by atoms with Crippen molar-refractivity contribution in [3.63, 3.8) is 0 Å².